The van der Waals surface area contributed by atoms with Crippen LogP contribution in [0.3, 0.4) is 0 Å². The van der Waals surface area contributed by atoms with Crippen molar-refractivity contribution in [2.45, 2.75) is 51.9 Å². The van der Waals surface area contributed by atoms with E-state index in [1.54, 1.807) is 29.3 Å². The van der Waals surface area contributed by atoms with Crippen molar-refractivity contribution in [1.29, 1.82) is 5.26 Å². The number of benzene rings is 1. The van der Waals surface area contributed by atoms with E-state index in [1.165, 1.54) is 0 Å². The van der Waals surface area contributed by atoms with Gasteiger partial charge in [0.1, 0.15) is 24.0 Å². The molecule has 3 N–H and O–H groups in total. The smallest absolute Gasteiger partial charge is 0.290 e. The molecule has 170 valence electrons. The number of pyridine rings is 1. The summed E-state index contributed by atoms with van der Waals surface area (Å²) in [5.41, 5.74) is 6.32. The molecule has 3 rings (SSSR count). The molecule has 2 aromatic rings. The molecule has 0 saturated carbocycles. The minimum Gasteiger partial charge on any atom is -0.490 e. The van der Waals surface area contributed by atoms with Crippen LogP contribution < -0.4 is 15.2 Å². The fraction of sp³-hybridized carbons (Fsp3) is 0.409. The standard InChI is InChI=1S/C21H24N4O4.CH2O2/c1-12(2)28-19-10-15-17(9-16(19)21(23)27)24-7-5-18(15)29-14-8-13(3)25(11-14)20(26)4-6-22;2-1-3/h5,7,9-10,12-14H,4,8,11H2,1-3H3,(H2,23,27);1H,(H,2,3)/t13-,14-;/m1./s1. The molecule has 10 heteroatoms. The fourth-order valence-electron chi connectivity index (χ4n) is 3.56. The first-order valence-corrected chi connectivity index (χ1v) is 10.0. The maximum Gasteiger partial charge on any atom is 0.290 e. The summed E-state index contributed by atoms with van der Waals surface area (Å²) in [6.07, 6.45) is 1.78. The number of carboxylic acid groups (broad SMARTS) is 1. The van der Waals surface area contributed by atoms with Crippen LogP contribution in [0.4, 0.5) is 0 Å². The fourth-order valence-corrected chi connectivity index (χ4v) is 3.56. The first-order valence-electron chi connectivity index (χ1n) is 10.0. The van der Waals surface area contributed by atoms with E-state index < -0.39 is 5.91 Å². The van der Waals surface area contributed by atoms with Crippen molar-refractivity contribution in [2.75, 3.05) is 6.54 Å². The van der Waals surface area contributed by atoms with Crippen LogP contribution in [-0.2, 0) is 9.59 Å². The lowest BCUT2D eigenvalue weighted by atomic mass is 10.1. The summed E-state index contributed by atoms with van der Waals surface area (Å²) in [5, 5.41) is 16.4. The molecule has 0 aliphatic carbocycles. The van der Waals surface area contributed by atoms with Crippen LogP contribution in [-0.4, -0.2) is 58.1 Å². The van der Waals surface area contributed by atoms with Gasteiger partial charge in [-0.25, -0.2) is 0 Å². The first kappa shape index (κ1) is 24.4. The summed E-state index contributed by atoms with van der Waals surface area (Å²) in [6, 6.07) is 6.96. The van der Waals surface area contributed by atoms with Gasteiger partial charge in [-0.15, -0.1) is 0 Å². The Kier molecular flexibility index (Phi) is 8.35. The maximum atomic E-state index is 12.1. The van der Waals surface area contributed by atoms with E-state index in [0.29, 0.717) is 35.4 Å². The van der Waals surface area contributed by atoms with Crippen LogP contribution >= 0.6 is 0 Å². The Labute approximate surface area is 185 Å². The zero-order valence-electron chi connectivity index (χ0n) is 18.1. The number of rotatable bonds is 6. The Hall–Kier alpha value is -3.87. The van der Waals surface area contributed by atoms with Crippen molar-refractivity contribution < 1.29 is 29.0 Å². The molecule has 1 aliphatic rings. The van der Waals surface area contributed by atoms with Crippen molar-refractivity contribution >= 4 is 29.2 Å². The zero-order valence-corrected chi connectivity index (χ0v) is 18.1. The number of hydrogen-bond donors (Lipinski definition) is 2. The van der Waals surface area contributed by atoms with E-state index in [-0.39, 0.29) is 42.6 Å². The predicted octanol–water partition coefficient (Wildman–Crippen LogP) is 2.10. The van der Waals surface area contributed by atoms with E-state index in [4.69, 9.17) is 30.4 Å². The number of amides is 2. The third-order valence-corrected chi connectivity index (χ3v) is 4.81. The number of fused-ring (bicyclic) bond motifs is 1. The van der Waals surface area contributed by atoms with Crippen LogP contribution in [0, 0.1) is 11.3 Å². The minimum absolute atomic E-state index is 0.00440. The molecule has 32 heavy (non-hydrogen) atoms. The number of nitrogens with zero attached hydrogens (tertiary/aromatic N) is 3. The summed E-state index contributed by atoms with van der Waals surface area (Å²) in [7, 11) is 0. The lowest BCUT2D eigenvalue weighted by Crippen LogP contribution is -2.34. The first-order chi connectivity index (χ1) is 15.2. The van der Waals surface area contributed by atoms with Gasteiger partial charge in [0.2, 0.25) is 5.91 Å². The molecule has 1 aromatic carbocycles. The highest BCUT2D eigenvalue weighted by molar-refractivity contribution is 6.01. The molecule has 2 atom stereocenters. The molecule has 1 saturated heterocycles. The van der Waals surface area contributed by atoms with Gasteiger partial charge in [0, 0.05) is 24.0 Å². The van der Waals surface area contributed by atoms with Crippen LogP contribution in [0.25, 0.3) is 10.9 Å². The van der Waals surface area contributed by atoms with Gasteiger partial charge in [0.15, 0.2) is 0 Å². The molecule has 2 heterocycles. The number of aromatic nitrogens is 1. The molecule has 1 aromatic heterocycles. The quantitative estimate of drug-likeness (QED) is 0.644. The minimum atomic E-state index is -0.591. The summed E-state index contributed by atoms with van der Waals surface area (Å²) in [5.74, 6) is 0.186. The molecule has 1 fully saturated rings. The third-order valence-electron chi connectivity index (χ3n) is 4.81. The largest absolute Gasteiger partial charge is 0.490 e. The second-order valence-electron chi connectivity index (χ2n) is 7.52. The number of carbonyl (C=O) groups is 3. The molecule has 2 amide bonds. The Morgan fingerprint density at radius 1 is 1.41 bits per heavy atom. The van der Waals surface area contributed by atoms with Crippen molar-refractivity contribution in [3.05, 3.63) is 30.0 Å². The van der Waals surface area contributed by atoms with Gasteiger partial charge in [-0.2, -0.15) is 5.26 Å². The number of ether oxygens (including phenoxy) is 2. The highest BCUT2D eigenvalue weighted by Gasteiger charge is 2.33. The number of primary amides is 1. The van der Waals surface area contributed by atoms with Crippen molar-refractivity contribution in [1.82, 2.24) is 9.88 Å². The summed E-state index contributed by atoms with van der Waals surface area (Å²) >= 11 is 0. The normalized spacial score (nSPS) is 17.3. The van der Waals surface area contributed by atoms with Gasteiger partial charge in [-0.3, -0.25) is 19.4 Å². The molecule has 0 bridgehead atoms. The van der Waals surface area contributed by atoms with Crippen LogP contribution in [0.2, 0.25) is 0 Å². The van der Waals surface area contributed by atoms with Gasteiger partial charge in [0.05, 0.1) is 29.8 Å². The highest BCUT2D eigenvalue weighted by atomic mass is 16.5. The van der Waals surface area contributed by atoms with Gasteiger partial charge in [0.25, 0.3) is 12.4 Å². The molecule has 10 nitrogen and oxygen atoms in total. The molecule has 1 aliphatic heterocycles. The Morgan fingerprint density at radius 3 is 2.69 bits per heavy atom. The average Bonchev–Trinajstić information content (AvgIpc) is 3.08. The van der Waals surface area contributed by atoms with Gasteiger partial charge < -0.3 is 25.2 Å². The predicted molar refractivity (Wildman–Crippen MR) is 115 cm³/mol. The van der Waals surface area contributed by atoms with E-state index in [0.717, 1.165) is 0 Å². The van der Waals surface area contributed by atoms with Crippen LogP contribution in [0.5, 0.6) is 11.5 Å². The highest BCUT2D eigenvalue weighted by Crippen LogP contribution is 2.33. The summed E-state index contributed by atoms with van der Waals surface area (Å²) in [6.45, 7) is 5.84. The van der Waals surface area contributed by atoms with Gasteiger partial charge >= 0.3 is 0 Å². The van der Waals surface area contributed by atoms with Gasteiger partial charge in [-0.05, 0) is 39.0 Å². The average molecular weight is 442 g/mol. The molecule has 0 radical (unpaired) electrons. The second-order valence-corrected chi connectivity index (χ2v) is 7.52. The molecule has 0 spiro atoms. The van der Waals surface area contributed by atoms with Crippen LogP contribution in [0.1, 0.15) is 44.0 Å². The number of hydrogen-bond acceptors (Lipinski definition) is 7. The number of carbonyl (C=O) groups excluding carboxylic acids is 2. The maximum absolute atomic E-state index is 12.1. The molecular formula is C22H26N4O6. The van der Waals surface area contributed by atoms with Crippen molar-refractivity contribution in [2.24, 2.45) is 5.73 Å². The summed E-state index contributed by atoms with van der Waals surface area (Å²) < 4.78 is 12.0. The third kappa shape index (κ3) is 5.85. The van der Waals surface area contributed by atoms with E-state index >= 15 is 0 Å². The van der Waals surface area contributed by atoms with E-state index in [1.807, 2.05) is 26.8 Å². The number of likely N-dealkylation sites (tertiary alicyclic amines) is 1. The topological polar surface area (TPSA) is 156 Å². The number of nitrogens with two attached hydrogens (primary N) is 1. The van der Waals surface area contributed by atoms with Crippen molar-refractivity contribution in [3.63, 3.8) is 0 Å². The summed E-state index contributed by atoms with van der Waals surface area (Å²) in [4.78, 5) is 38.3. The second kappa shape index (κ2) is 10.9. The van der Waals surface area contributed by atoms with Crippen molar-refractivity contribution in [3.8, 4) is 17.6 Å². The lowest BCUT2D eigenvalue weighted by molar-refractivity contribution is -0.130. The molecule has 0 unspecified atom stereocenters. The lowest BCUT2D eigenvalue weighted by Gasteiger charge is -2.20. The Balaban J connectivity index is 0.00000114. The Bertz CT molecular complexity index is 1030. The monoisotopic (exact) mass is 442 g/mol. The SMILES string of the molecule is CC(C)Oc1cc2c(O[C@@H]3C[C@@H](C)N(C(=O)CC#N)C3)ccnc2cc1C(N)=O.O=CO. The molecular weight excluding hydrogens is 416 g/mol. The van der Waals surface area contributed by atoms with Gasteiger partial charge in [-0.1, -0.05) is 0 Å². The van der Waals surface area contributed by atoms with Crippen LogP contribution in [0.15, 0.2) is 24.4 Å². The number of nitriles is 1. The van der Waals surface area contributed by atoms with E-state index in [9.17, 15) is 9.59 Å². The zero-order chi connectivity index (χ0) is 23.8. The van der Waals surface area contributed by atoms with E-state index in [2.05, 4.69) is 4.98 Å². The Morgan fingerprint density at radius 2 is 2.09 bits per heavy atom.